The first kappa shape index (κ1) is 15.4. The topological polar surface area (TPSA) is 64.0 Å². The van der Waals surface area contributed by atoms with Crippen LogP contribution in [0.5, 0.6) is 0 Å². The molecule has 0 atom stereocenters. The Morgan fingerprint density at radius 2 is 1.90 bits per heavy atom. The lowest BCUT2D eigenvalue weighted by Gasteiger charge is -2.08. The molecule has 0 saturated carbocycles. The van der Waals surface area contributed by atoms with Crippen molar-refractivity contribution in [3.63, 3.8) is 0 Å². The number of aromatic nitrogens is 2. The molecule has 21 heavy (non-hydrogen) atoms. The molecule has 0 radical (unpaired) electrons. The molecule has 0 aliphatic rings. The third-order valence-electron chi connectivity index (χ3n) is 3.05. The fourth-order valence-corrected chi connectivity index (χ4v) is 2.57. The average molecular weight is 315 g/mol. The smallest absolute Gasteiger partial charge is 0.341 e. The zero-order chi connectivity index (χ0) is 15.5. The Kier molecular flexibility index (Phi) is 4.56. The molecular weight excluding hydrogens is 300 g/mol. The van der Waals surface area contributed by atoms with Crippen molar-refractivity contribution in [2.24, 2.45) is 7.05 Å². The number of hydrogen-bond donors (Lipinski definition) is 1. The molecule has 2 aromatic rings. The molecular formula is C13H15F2N3O2S. The molecule has 0 aliphatic heterocycles. The van der Waals surface area contributed by atoms with E-state index < -0.39 is 15.6 Å². The van der Waals surface area contributed by atoms with E-state index in [2.05, 4.69) is 10.4 Å². The van der Waals surface area contributed by atoms with Crippen LogP contribution in [0, 0.1) is 0 Å². The minimum atomic E-state index is -4.53. The fourth-order valence-electron chi connectivity index (χ4n) is 1.85. The summed E-state index contributed by atoms with van der Waals surface area (Å²) >= 11 is 0. The van der Waals surface area contributed by atoms with Gasteiger partial charge >= 0.3 is 5.76 Å². The van der Waals surface area contributed by atoms with E-state index in [9.17, 15) is 17.2 Å². The molecule has 1 heterocycles. The van der Waals surface area contributed by atoms with Crippen molar-refractivity contribution in [2.45, 2.75) is 17.1 Å². The van der Waals surface area contributed by atoms with Gasteiger partial charge in [0.2, 0.25) is 9.84 Å². The van der Waals surface area contributed by atoms with E-state index in [1.807, 2.05) is 13.1 Å². The van der Waals surface area contributed by atoms with Crippen LogP contribution in [-0.2, 0) is 23.3 Å². The Hall–Kier alpha value is -1.96. The summed E-state index contributed by atoms with van der Waals surface area (Å²) in [4.78, 5) is -0.380. The van der Waals surface area contributed by atoms with E-state index in [-0.39, 0.29) is 4.90 Å². The van der Waals surface area contributed by atoms with Gasteiger partial charge in [-0.05, 0) is 30.3 Å². The average Bonchev–Trinajstić information content (AvgIpc) is 2.85. The summed E-state index contributed by atoms with van der Waals surface area (Å²) in [7, 11) is -2.68. The molecule has 0 bridgehead atoms. The van der Waals surface area contributed by atoms with E-state index in [1.165, 1.54) is 24.3 Å². The molecule has 0 unspecified atom stereocenters. The molecule has 5 nitrogen and oxygen atoms in total. The van der Waals surface area contributed by atoms with E-state index in [1.54, 1.807) is 10.9 Å². The lowest BCUT2D eigenvalue weighted by Crippen LogP contribution is -2.12. The normalized spacial score (nSPS) is 11.8. The van der Waals surface area contributed by atoms with E-state index in [0.29, 0.717) is 12.2 Å². The van der Waals surface area contributed by atoms with Gasteiger partial charge in [-0.25, -0.2) is 8.42 Å². The van der Waals surface area contributed by atoms with Crippen LogP contribution in [0.15, 0.2) is 41.4 Å². The van der Waals surface area contributed by atoms with Gasteiger partial charge in [0, 0.05) is 37.6 Å². The largest absolute Gasteiger partial charge is 0.385 e. The Bertz CT molecular complexity index is 696. The van der Waals surface area contributed by atoms with Crippen LogP contribution >= 0.6 is 0 Å². The summed E-state index contributed by atoms with van der Waals surface area (Å²) in [6.45, 7) is 0.625. The molecule has 0 amide bonds. The van der Waals surface area contributed by atoms with Gasteiger partial charge in [-0.3, -0.25) is 4.68 Å². The van der Waals surface area contributed by atoms with Crippen molar-refractivity contribution < 1.29 is 17.2 Å². The van der Waals surface area contributed by atoms with Gasteiger partial charge in [-0.1, -0.05) is 0 Å². The maximum absolute atomic E-state index is 12.4. The molecule has 8 heteroatoms. The van der Waals surface area contributed by atoms with Crippen LogP contribution < -0.4 is 5.32 Å². The number of nitrogens with one attached hydrogen (secondary N) is 1. The lowest BCUT2D eigenvalue weighted by atomic mass is 10.3. The summed E-state index contributed by atoms with van der Waals surface area (Å²) in [6.07, 6.45) is 2.45. The molecule has 0 aliphatic carbocycles. The highest BCUT2D eigenvalue weighted by molar-refractivity contribution is 7.91. The highest BCUT2D eigenvalue weighted by atomic mass is 32.2. The van der Waals surface area contributed by atoms with Crippen LogP contribution in [0.4, 0.5) is 14.5 Å². The first-order valence-electron chi connectivity index (χ1n) is 6.24. The second kappa shape index (κ2) is 6.21. The second-order valence-electron chi connectivity index (χ2n) is 4.45. The molecule has 0 saturated heterocycles. The first-order valence-corrected chi connectivity index (χ1v) is 7.79. The van der Waals surface area contributed by atoms with Crippen LogP contribution in [0.25, 0.3) is 0 Å². The predicted molar refractivity (Wildman–Crippen MR) is 75.0 cm³/mol. The van der Waals surface area contributed by atoms with Gasteiger partial charge in [-0.2, -0.15) is 13.9 Å². The zero-order valence-electron chi connectivity index (χ0n) is 11.3. The molecule has 0 spiro atoms. The van der Waals surface area contributed by atoms with Crippen molar-refractivity contribution >= 4 is 15.5 Å². The summed E-state index contributed by atoms with van der Waals surface area (Å²) in [5.41, 5.74) is 1.73. The molecule has 2 rings (SSSR count). The number of halogens is 2. The number of nitrogens with zero attached hydrogens (tertiary/aromatic N) is 2. The zero-order valence-corrected chi connectivity index (χ0v) is 12.1. The molecule has 0 fully saturated rings. The number of alkyl halides is 2. The van der Waals surface area contributed by atoms with Gasteiger partial charge in [0.15, 0.2) is 0 Å². The monoisotopic (exact) mass is 315 g/mol. The minimum Gasteiger partial charge on any atom is -0.385 e. The predicted octanol–water partition coefficient (Wildman–Crippen LogP) is 2.07. The third-order valence-corrected chi connectivity index (χ3v) is 4.45. The number of hydrogen-bond acceptors (Lipinski definition) is 4. The molecule has 1 aromatic carbocycles. The number of sulfone groups is 1. The maximum Gasteiger partial charge on any atom is 0.341 e. The highest BCUT2D eigenvalue weighted by Crippen LogP contribution is 2.20. The summed E-state index contributed by atoms with van der Waals surface area (Å²) in [5, 5.41) is 7.14. The first-order chi connectivity index (χ1) is 9.91. The summed E-state index contributed by atoms with van der Waals surface area (Å²) in [6, 6.07) is 7.19. The second-order valence-corrected chi connectivity index (χ2v) is 6.37. The van der Waals surface area contributed by atoms with Gasteiger partial charge in [0.1, 0.15) is 0 Å². The fraction of sp³-hybridized carbons (Fsp3) is 0.308. The number of aryl methyl sites for hydroxylation is 1. The Balaban J connectivity index is 1.96. The third kappa shape index (κ3) is 3.57. The lowest BCUT2D eigenvalue weighted by molar-refractivity contribution is 0.234. The van der Waals surface area contributed by atoms with Crippen LogP contribution in [0.1, 0.15) is 5.69 Å². The maximum atomic E-state index is 12.4. The minimum absolute atomic E-state index is 0.380. The Labute approximate surface area is 121 Å². The Morgan fingerprint density at radius 1 is 1.24 bits per heavy atom. The molecule has 114 valence electrons. The molecule has 1 aromatic heterocycles. The van der Waals surface area contributed by atoms with Crippen molar-refractivity contribution in [2.75, 3.05) is 11.9 Å². The number of rotatable bonds is 6. The Morgan fingerprint density at radius 3 is 2.43 bits per heavy atom. The van der Waals surface area contributed by atoms with Crippen LogP contribution in [0.2, 0.25) is 0 Å². The SMILES string of the molecule is Cn1nccc1CCNc1ccc(S(=O)(=O)C(F)F)cc1. The number of benzene rings is 1. The van der Waals surface area contributed by atoms with Crippen LogP contribution in [-0.4, -0.2) is 30.5 Å². The van der Waals surface area contributed by atoms with E-state index in [0.717, 1.165) is 12.1 Å². The summed E-state index contributed by atoms with van der Waals surface area (Å²) in [5.74, 6) is -3.40. The van der Waals surface area contributed by atoms with Crippen LogP contribution in [0.3, 0.4) is 0 Å². The van der Waals surface area contributed by atoms with Gasteiger partial charge in [-0.15, -0.1) is 0 Å². The van der Waals surface area contributed by atoms with Crippen molar-refractivity contribution in [3.05, 3.63) is 42.2 Å². The summed E-state index contributed by atoms with van der Waals surface area (Å²) < 4.78 is 49.1. The highest BCUT2D eigenvalue weighted by Gasteiger charge is 2.26. The van der Waals surface area contributed by atoms with Crippen molar-refractivity contribution in [1.29, 1.82) is 0 Å². The van der Waals surface area contributed by atoms with Gasteiger partial charge in [0.25, 0.3) is 0 Å². The van der Waals surface area contributed by atoms with Gasteiger partial charge < -0.3 is 5.32 Å². The quantitative estimate of drug-likeness (QED) is 0.886. The number of anilines is 1. The van der Waals surface area contributed by atoms with E-state index >= 15 is 0 Å². The van der Waals surface area contributed by atoms with Crippen molar-refractivity contribution in [3.8, 4) is 0 Å². The van der Waals surface area contributed by atoms with Crippen molar-refractivity contribution in [1.82, 2.24) is 9.78 Å². The molecule has 1 N–H and O–H groups in total. The standard InChI is InChI=1S/C13H15F2N3O2S/c1-18-11(7-9-17-18)6-8-16-10-2-4-12(5-3-10)21(19,20)13(14)15/h2-5,7,9,13,16H,6,8H2,1H3. The van der Waals surface area contributed by atoms with E-state index in [4.69, 9.17) is 0 Å². The van der Waals surface area contributed by atoms with Gasteiger partial charge in [0.05, 0.1) is 4.90 Å².